The van der Waals surface area contributed by atoms with Gasteiger partial charge in [-0.25, -0.2) is 0 Å². The molecule has 1 saturated heterocycles. The first-order chi connectivity index (χ1) is 9.34. The summed E-state index contributed by atoms with van der Waals surface area (Å²) in [5.74, 6) is -0.0842. The van der Waals surface area contributed by atoms with E-state index in [0.29, 0.717) is 19.0 Å². The van der Waals surface area contributed by atoms with Gasteiger partial charge < -0.3 is 9.64 Å². The third-order valence-corrected chi connectivity index (χ3v) is 3.16. The molecule has 1 amide bonds. The number of carbonyl (C=O) groups is 1. The molecule has 3 rings (SSSR count). The second-order valence-corrected chi connectivity index (χ2v) is 4.44. The van der Waals surface area contributed by atoms with Crippen molar-refractivity contribution >= 4 is 5.91 Å². The van der Waals surface area contributed by atoms with Gasteiger partial charge in [0.1, 0.15) is 18.5 Å². The highest BCUT2D eigenvalue weighted by Gasteiger charge is 2.28. The molecule has 0 N–H and O–H groups in total. The van der Waals surface area contributed by atoms with Crippen LogP contribution in [0, 0.1) is 0 Å². The van der Waals surface area contributed by atoms with Crippen LogP contribution in [0.15, 0.2) is 54.7 Å². The SMILES string of the molecule is O=C(c1ccccn1)N1COC(c2ccccc2)C1. The van der Waals surface area contributed by atoms with Gasteiger partial charge in [-0.15, -0.1) is 0 Å². The molecule has 2 heterocycles. The Labute approximate surface area is 111 Å². The lowest BCUT2D eigenvalue weighted by atomic mass is 10.1. The summed E-state index contributed by atoms with van der Waals surface area (Å²) in [6.07, 6.45) is 1.58. The topological polar surface area (TPSA) is 42.4 Å². The van der Waals surface area contributed by atoms with Crippen molar-refractivity contribution < 1.29 is 9.53 Å². The minimum Gasteiger partial charge on any atom is -0.351 e. The van der Waals surface area contributed by atoms with E-state index >= 15 is 0 Å². The summed E-state index contributed by atoms with van der Waals surface area (Å²) in [6.45, 7) is 0.883. The molecule has 96 valence electrons. The third-order valence-electron chi connectivity index (χ3n) is 3.16. The zero-order chi connectivity index (χ0) is 13.1. The summed E-state index contributed by atoms with van der Waals surface area (Å²) in [6, 6.07) is 15.3. The number of rotatable bonds is 2. The summed E-state index contributed by atoms with van der Waals surface area (Å²) < 4.78 is 5.67. The molecule has 0 radical (unpaired) electrons. The summed E-state index contributed by atoms with van der Waals surface area (Å²) in [5.41, 5.74) is 1.55. The minimum absolute atomic E-state index is 0.0473. The number of pyridine rings is 1. The van der Waals surface area contributed by atoms with Crippen LogP contribution in [0.4, 0.5) is 0 Å². The maximum atomic E-state index is 12.2. The minimum atomic E-state index is -0.0842. The molecule has 1 unspecified atom stereocenters. The van der Waals surface area contributed by atoms with Gasteiger partial charge in [-0.3, -0.25) is 9.78 Å². The molecule has 19 heavy (non-hydrogen) atoms. The van der Waals surface area contributed by atoms with Crippen molar-refractivity contribution in [3.8, 4) is 0 Å². The predicted molar refractivity (Wildman–Crippen MR) is 70.4 cm³/mol. The molecule has 1 aromatic carbocycles. The van der Waals surface area contributed by atoms with Crippen molar-refractivity contribution in [2.45, 2.75) is 6.10 Å². The largest absolute Gasteiger partial charge is 0.351 e. The number of aromatic nitrogens is 1. The molecule has 1 aliphatic rings. The van der Waals surface area contributed by atoms with Crippen LogP contribution >= 0.6 is 0 Å². The van der Waals surface area contributed by atoms with Crippen LogP contribution in [0.3, 0.4) is 0 Å². The van der Waals surface area contributed by atoms with E-state index in [1.165, 1.54) is 0 Å². The number of benzene rings is 1. The van der Waals surface area contributed by atoms with E-state index in [1.807, 2.05) is 36.4 Å². The average Bonchev–Trinajstić information content (AvgIpc) is 2.98. The van der Waals surface area contributed by atoms with Crippen LogP contribution in [0.5, 0.6) is 0 Å². The lowest BCUT2D eigenvalue weighted by molar-refractivity contribution is 0.0626. The highest BCUT2D eigenvalue weighted by molar-refractivity contribution is 5.92. The van der Waals surface area contributed by atoms with Gasteiger partial charge in [0.15, 0.2) is 0 Å². The van der Waals surface area contributed by atoms with Gasteiger partial charge in [-0.2, -0.15) is 0 Å². The van der Waals surface area contributed by atoms with Crippen LogP contribution in [-0.4, -0.2) is 29.1 Å². The normalized spacial score (nSPS) is 18.5. The predicted octanol–water partition coefficient (Wildman–Crippen LogP) is 2.25. The molecule has 4 nitrogen and oxygen atoms in total. The van der Waals surface area contributed by atoms with E-state index in [0.717, 1.165) is 5.56 Å². The summed E-state index contributed by atoms with van der Waals surface area (Å²) in [5, 5.41) is 0. The van der Waals surface area contributed by atoms with Crippen LogP contribution < -0.4 is 0 Å². The van der Waals surface area contributed by atoms with Crippen LogP contribution in [-0.2, 0) is 4.74 Å². The van der Waals surface area contributed by atoms with E-state index in [2.05, 4.69) is 4.98 Å². The van der Waals surface area contributed by atoms with E-state index < -0.39 is 0 Å². The van der Waals surface area contributed by atoms with Gasteiger partial charge in [-0.05, 0) is 17.7 Å². The van der Waals surface area contributed by atoms with Crippen molar-refractivity contribution in [1.29, 1.82) is 0 Å². The number of hydrogen-bond donors (Lipinski definition) is 0. The lowest BCUT2D eigenvalue weighted by Gasteiger charge is -2.13. The molecule has 1 fully saturated rings. The third kappa shape index (κ3) is 2.48. The zero-order valence-corrected chi connectivity index (χ0v) is 10.4. The number of nitrogens with zero attached hydrogens (tertiary/aromatic N) is 2. The molecule has 4 heteroatoms. The van der Waals surface area contributed by atoms with Crippen molar-refractivity contribution in [3.05, 3.63) is 66.0 Å². The van der Waals surface area contributed by atoms with Crippen molar-refractivity contribution in [2.24, 2.45) is 0 Å². The van der Waals surface area contributed by atoms with Gasteiger partial charge >= 0.3 is 0 Å². The average molecular weight is 254 g/mol. The molecule has 0 saturated carbocycles. The van der Waals surface area contributed by atoms with Crippen molar-refractivity contribution in [3.63, 3.8) is 0 Å². The Kier molecular flexibility index (Phi) is 3.25. The molecule has 0 spiro atoms. The summed E-state index contributed by atoms with van der Waals surface area (Å²) in [7, 11) is 0. The highest BCUT2D eigenvalue weighted by Crippen LogP contribution is 2.24. The highest BCUT2D eigenvalue weighted by atomic mass is 16.5. The summed E-state index contributed by atoms with van der Waals surface area (Å²) >= 11 is 0. The van der Waals surface area contributed by atoms with Crippen LogP contribution in [0.25, 0.3) is 0 Å². The lowest BCUT2D eigenvalue weighted by Crippen LogP contribution is -2.29. The maximum absolute atomic E-state index is 12.2. The molecule has 1 aromatic heterocycles. The first-order valence-electron chi connectivity index (χ1n) is 6.21. The molecule has 1 atom stereocenters. The smallest absolute Gasteiger partial charge is 0.274 e. The van der Waals surface area contributed by atoms with Gasteiger partial charge in [0.25, 0.3) is 5.91 Å². The second kappa shape index (κ2) is 5.20. The Morgan fingerprint density at radius 2 is 1.95 bits per heavy atom. The summed E-state index contributed by atoms with van der Waals surface area (Å²) in [4.78, 5) is 18.0. The van der Waals surface area contributed by atoms with E-state index in [9.17, 15) is 4.79 Å². The Hall–Kier alpha value is -2.20. The molecule has 2 aromatic rings. The fourth-order valence-electron chi connectivity index (χ4n) is 2.15. The number of ether oxygens (including phenoxy) is 1. The standard InChI is InChI=1S/C15H14N2O2/c18-15(13-8-4-5-9-16-13)17-10-14(19-11-17)12-6-2-1-3-7-12/h1-9,14H,10-11H2. The monoisotopic (exact) mass is 254 g/mol. The maximum Gasteiger partial charge on any atom is 0.274 e. The zero-order valence-electron chi connectivity index (χ0n) is 10.4. The quantitative estimate of drug-likeness (QED) is 0.825. The van der Waals surface area contributed by atoms with Crippen LogP contribution in [0.2, 0.25) is 0 Å². The fraction of sp³-hybridized carbons (Fsp3) is 0.200. The molecule has 0 bridgehead atoms. The fourth-order valence-corrected chi connectivity index (χ4v) is 2.15. The first kappa shape index (κ1) is 11.9. The Balaban J connectivity index is 1.71. The van der Waals surface area contributed by atoms with Crippen LogP contribution in [0.1, 0.15) is 22.2 Å². The number of hydrogen-bond acceptors (Lipinski definition) is 3. The van der Waals surface area contributed by atoms with Gasteiger partial charge in [-0.1, -0.05) is 36.4 Å². The van der Waals surface area contributed by atoms with Gasteiger partial charge in [0.2, 0.25) is 0 Å². The number of amides is 1. The first-order valence-corrected chi connectivity index (χ1v) is 6.21. The Morgan fingerprint density at radius 1 is 1.16 bits per heavy atom. The second-order valence-electron chi connectivity index (χ2n) is 4.44. The Morgan fingerprint density at radius 3 is 2.68 bits per heavy atom. The van der Waals surface area contributed by atoms with Gasteiger partial charge in [0.05, 0.1) is 6.54 Å². The molecule has 0 aliphatic carbocycles. The molecular weight excluding hydrogens is 240 g/mol. The number of carbonyl (C=O) groups excluding carboxylic acids is 1. The van der Waals surface area contributed by atoms with E-state index in [4.69, 9.17) is 4.74 Å². The van der Waals surface area contributed by atoms with Gasteiger partial charge in [0, 0.05) is 6.20 Å². The van der Waals surface area contributed by atoms with E-state index in [-0.39, 0.29) is 12.0 Å². The Bertz CT molecular complexity index is 557. The van der Waals surface area contributed by atoms with E-state index in [1.54, 1.807) is 23.2 Å². The van der Waals surface area contributed by atoms with Crippen molar-refractivity contribution in [1.82, 2.24) is 9.88 Å². The molecular formula is C15H14N2O2. The van der Waals surface area contributed by atoms with Crippen molar-refractivity contribution in [2.75, 3.05) is 13.3 Å². The molecule has 1 aliphatic heterocycles.